The predicted molar refractivity (Wildman–Crippen MR) is 40.3 cm³/mol. The molecule has 0 fully saturated rings. The minimum atomic E-state index is 0.829. The molecule has 1 radical (unpaired) electrons. The largest absolute Gasteiger partial charge is 0.381 e. The van der Waals surface area contributed by atoms with Gasteiger partial charge >= 0.3 is 0 Å². The van der Waals surface area contributed by atoms with E-state index in [1.165, 1.54) is 11.3 Å². The maximum absolute atomic E-state index is 4.13. The van der Waals surface area contributed by atoms with Crippen LogP contribution in [0.4, 0.5) is 0 Å². The van der Waals surface area contributed by atoms with Crippen molar-refractivity contribution in [2.75, 3.05) is 13.1 Å². The topological polar surface area (TPSA) is 26.1 Å². The van der Waals surface area contributed by atoms with Crippen molar-refractivity contribution in [2.24, 2.45) is 0 Å². The fourth-order valence-electron chi connectivity index (χ4n) is 1.16. The number of allylic oxidation sites excluding steroid dienone is 1. The van der Waals surface area contributed by atoms with Crippen LogP contribution in [0.5, 0.6) is 0 Å². The molecule has 2 rings (SSSR count). The molecule has 10 heavy (non-hydrogen) atoms. The van der Waals surface area contributed by atoms with E-state index in [9.17, 15) is 0 Å². The van der Waals surface area contributed by atoms with Gasteiger partial charge in [0.1, 0.15) is 0 Å². The van der Waals surface area contributed by atoms with Crippen LogP contribution in [0.2, 0.25) is 0 Å². The van der Waals surface area contributed by atoms with Crippen LogP contribution in [0.1, 0.15) is 0 Å². The first-order valence-corrected chi connectivity index (χ1v) is 3.43. The van der Waals surface area contributed by atoms with Crippen molar-refractivity contribution in [3.8, 4) is 0 Å². The van der Waals surface area contributed by atoms with E-state index >= 15 is 0 Å². The molecule has 0 spiro atoms. The quantitative estimate of drug-likeness (QED) is 0.512. The first kappa shape index (κ1) is 5.59. The highest BCUT2D eigenvalue weighted by atomic mass is 14.9. The van der Waals surface area contributed by atoms with E-state index in [1.54, 1.807) is 0 Å². The molecule has 0 aromatic rings. The molecule has 0 saturated carbocycles. The Morgan fingerprint density at radius 1 is 1.40 bits per heavy atom. The number of rotatable bonds is 0. The molecular formula is C8H9N2. The molecule has 0 unspecified atom stereocenters. The molecule has 0 aromatic carbocycles. The summed E-state index contributed by atoms with van der Waals surface area (Å²) >= 11 is 0. The monoisotopic (exact) mass is 133 g/mol. The van der Waals surface area contributed by atoms with Gasteiger partial charge in [0.25, 0.3) is 0 Å². The van der Waals surface area contributed by atoms with Crippen LogP contribution < -0.4 is 10.6 Å². The van der Waals surface area contributed by atoms with Gasteiger partial charge in [0.15, 0.2) is 0 Å². The van der Waals surface area contributed by atoms with E-state index in [4.69, 9.17) is 0 Å². The van der Waals surface area contributed by atoms with Gasteiger partial charge in [0, 0.05) is 18.4 Å². The van der Waals surface area contributed by atoms with Crippen molar-refractivity contribution in [3.63, 3.8) is 0 Å². The zero-order valence-electron chi connectivity index (χ0n) is 5.67. The van der Waals surface area contributed by atoms with E-state index in [1.807, 2.05) is 12.3 Å². The van der Waals surface area contributed by atoms with E-state index in [0.29, 0.717) is 0 Å². The molecule has 0 atom stereocenters. The summed E-state index contributed by atoms with van der Waals surface area (Å²) in [5.74, 6) is 0. The molecule has 2 heterocycles. The van der Waals surface area contributed by atoms with E-state index < -0.39 is 0 Å². The highest BCUT2D eigenvalue weighted by molar-refractivity contribution is 5.38. The molecule has 2 aliphatic heterocycles. The summed E-state index contributed by atoms with van der Waals surface area (Å²) in [5, 5.41) is 7.40. The standard InChI is InChI=1S/C8H9N2/c1-2-7-6-9-5-3-8(7)10-4-1/h1-3,5,10H,4,6H2. The normalized spacial score (nSPS) is 21.6. The third-order valence-corrected chi connectivity index (χ3v) is 1.68. The Labute approximate surface area is 60.3 Å². The SMILES string of the molecule is C1=CC2=C(C=C[N]C2)NC1. The number of dihydropyridines is 1. The van der Waals surface area contributed by atoms with Gasteiger partial charge in [-0.15, -0.1) is 0 Å². The van der Waals surface area contributed by atoms with Gasteiger partial charge in [0.05, 0.1) is 6.54 Å². The molecule has 2 aliphatic rings. The summed E-state index contributed by atoms with van der Waals surface area (Å²) in [6.07, 6.45) is 8.12. The Morgan fingerprint density at radius 2 is 2.40 bits per heavy atom. The molecule has 2 heteroatoms. The van der Waals surface area contributed by atoms with Crippen molar-refractivity contribution in [2.45, 2.75) is 0 Å². The average molecular weight is 133 g/mol. The maximum Gasteiger partial charge on any atom is 0.0659 e. The summed E-state index contributed by atoms with van der Waals surface area (Å²) < 4.78 is 0. The van der Waals surface area contributed by atoms with Gasteiger partial charge < -0.3 is 5.32 Å². The van der Waals surface area contributed by atoms with E-state index in [2.05, 4.69) is 22.8 Å². The Kier molecular flexibility index (Phi) is 1.24. The van der Waals surface area contributed by atoms with Crippen molar-refractivity contribution >= 4 is 0 Å². The van der Waals surface area contributed by atoms with Gasteiger partial charge in [-0.1, -0.05) is 12.2 Å². The zero-order chi connectivity index (χ0) is 6.81. The van der Waals surface area contributed by atoms with Crippen molar-refractivity contribution in [3.05, 3.63) is 35.7 Å². The second kappa shape index (κ2) is 2.21. The molecule has 1 N–H and O–H groups in total. The summed E-state index contributed by atoms with van der Waals surface area (Å²) in [7, 11) is 0. The molecule has 0 bridgehead atoms. The van der Waals surface area contributed by atoms with Crippen LogP contribution in [0.25, 0.3) is 0 Å². The van der Waals surface area contributed by atoms with Gasteiger partial charge in [-0.25, -0.2) is 0 Å². The Morgan fingerprint density at radius 3 is 3.30 bits per heavy atom. The fourth-order valence-corrected chi connectivity index (χ4v) is 1.16. The lowest BCUT2D eigenvalue weighted by Crippen LogP contribution is -2.22. The summed E-state index contributed by atoms with van der Waals surface area (Å²) in [6, 6.07) is 0. The number of nitrogens with one attached hydrogen (secondary N) is 1. The van der Waals surface area contributed by atoms with Crippen molar-refractivity contribution in [1.82, 2.24) is 10.6 Å². The van der Waals surface area contributed by atoms with E-state index in [-0.39, 0.29) is 0 Å². The maximum atomic E-state index is 4.13. The Hall–Kier alpha value is -1.18. The smallest absolute Gasteiger partial charge is 0.0659 e. The molecule has 0 saturated heterocycles. The molecule has 0 aromatic heterocycles. The average Bonchev–Trinajstić information content (AvgIpc) is 2.05. The number of hydrogen-bond donors (Lipinski definition) is 1. The highest BCUT2D eigenvalue weighted by Gasteiger charge is 2.07. The molecule has 0 amide bonds. The second-order valence-electron chi connectivity index (χ2n) is 2.38. The lowest BCUT2D eigenvalue weighted by Gasteiger charge is -2.17. The van der Waals surface area contributed by atoms with Gasteiger partial charge in [-0.2, -0.15) is 0 Å². The van der Waals surface area contributed by atoms with Crippen molar-refractivity contribution in [1.29, 1.82) is 0 Å². The predicted octanol–water partition coefficient (Wildman–Crippen LogP) is 0.532. The Balaban J connectivity index is 2.32. The van der Waals surface area contributed by atoms with Gasteiger partial charge in [-0.05, 0) is 11.6 Å². The van der Waals surface area contributed by atoms with Crippen LogP contribution in [-0.2, 0) is 0 Å². The molecule has 51 valence electrons. The van der Waals surface area contributed by atoms with Crippen LogP contribution in [0.15, 0.2) is 35.7 Å². The number of hydrogen-bond acceptors (Lipinski definition) is 1. The summed E-state index contributed by atoms with van der Waals surface area (Å²) in [4.78, 5) is 0. The first-order chi connectivity index (χ1) is 4.97. The molecule has 0 aliphatic carbocycles. The third-order valence-electron chi connectivity index (χ3n) is 1.68. The second-order valence-corrected chi connectivity index (χ2v) is 2.38. The van der Waals surface area contributed by atoms with Gasteiger partial charge in [-0.3, -0.25) is 5.32 Å². The van der Waals surface area contributed by atoms with Crippen LogP contribution in [-0.4, -0.2) is 13.1 Å². The summed E-state index contributed by atoms with van der Waals surface area (Å²) in [6.45, 7) is 1.78. The van der Waals surface area contributed by atoms with Gasteiger partial charge in [0.2, 0.25) is 0 Å². The summed E-state index contributed by atoms with van der Waals surface area (Å²) in [5.41, 5.74) is 2.53. The fraction of sp³-hybridized carbons (Fsp3) is 0.250. The van der Waals surface area contributed by atoms with Crippen LogP contribution in [0.3, 0.4) is 0 Å². The zero-order valence-corrected chi connectivity index (χ0v) is 5.67. The van der Waals surface area contributed by atoms with Crippen LogP contribution >= 0.6 is 0 Å². The first-order valence-electron chi connectivity index (χ1n) is 3.43. The highest BCUT2D eigenvalue weighted by Crippen LogP contribution is 2.11. The number of nitrogens with zero attached hydrogens (tertiary/aromatic N) is 1. The lowest BCUT2D eigenvalue weighted by atomic mass is 10.1. The molecular weight excluding hydrogens is 124 g/mol. The molecule has 2 nitrogen and oxygen atoms in total. The Bertz CT molecular complexity index is 199. The van der Waals surface area contributed by atoms with E-state index in [0.717, 1.165) is 13.1 Å². The van der Waals surface area contributed by atoms with Crippen molar-refractivity contribution < 1.29 is 0 Å². The third kappa shape index (κ3) is 0.817. The minimum absolute atomic E-state index is 0.829. The lowest BCUT2D eigenvalue weighted by molar-refractivity contribution is 0.824. The van der Waals surface area contributed by atoms with Crippen LogP contribution in [0, 0.1) is 0 Å². The minimum Gasteiger partial charge on any atom is -0.381 e.